The Bertz CT molecular complexity index is 239. The van der Waals surface area contributed by atoms with Crippen LogP contribution in [0.4, 0.5) is 0 Å². The highest BCUT2D eigenvalue weighted by molar-refractivity contribution is 7.80. The molecule has 2 N–H and O–H groups in total. The lowest BCUT2D eigenvalue weighted by Crippen LogP contribution is -2.17. The Morgan fingerprint density at radius 2 is 1.85 bits per heavy atom. The minimum absolute atomic E-state index is 0.384. The number of hydrogen-bond donors (Lipinski definition) is 2. The molecule has 7 nitrogen and oxygen atoms in total. The van der Waals surface area contributed by atoms with Crippen LogP contribution in [0.15, 0.2) is 0 Å². The van der Waals surface area contributed by atoms with Crippen molar-refractivity contribution < 1.29 is 30.7 Å². The van der Waals surface area contributed by atoms with Gasteiger partial charge in [-0.05, 0) is 6.42 Å². The van der Waals surface area contributed by atoms with Crippen LogP contribution in [-0.4, -0.2) is 39.2 Å². The molecular formula is C4H10O7S2. The van der Waals surface area contributed by atoms with Gasteiger partial charge in [-0.1, -0.05) is 6.92 Å². The average molecular weight is 234 g/mol. The summed E-state index contributed by atoms with van der Waals surface area (Å²) in [7, 11) is -4.39. The van der Waals surface area contributed by atoms with Crippen molar-refractivity contribution in [2.45, 2.75) is 19.4 Å². The van der Waals surface area contributed by atoms with Crippen LogP contribution in [0.2, 0.25) is 0 Å². The summed E-state index contributed by atoms with van der Waals surface area (Å²) in [6, 6.07) is 0. The summed E-state index contributed by atoms with van der Waals surface area (Å²) >= 11 is -0.750. The third-order valence-electron chi connectivity index (χ3n) is 0.881. The molecule has 0 aliphatic carbocycles. The summed E-state index contributed by atoms with van der Waals surface area (Å²) in [4.78, 5) is 0. The zero-order valence-corrected chi connectivity index (χ0v) is 8.38. The first-order valence-corrected chi connectivity index (χ1v) is 5.12. The normalized spacial score (nSPS) is 12.5. The summed E-state index contributed by atoms with van der Waals surface area (Å²) in [5.74, 6) is 0. The molecule has 0 aliphatic rings. The second-order valence-electron chi connectivity index (χ2n) is 1.84. The molecule has 0 saturated carbocycles. The summed E-state index contributed by atoms with van der Waals surface area (Å²) in [5.41, 5.74) is 0. The van der Waals surface area contributed by atoms with E-state index in [2.05, 4.69) is 4.18 Å². The fraction of sp³-hybridized carbons (Fsp3) is 1.00. The van der Waals surface area contributed by atoms with E-state index >= 15 is 0 Å². The highest BCUT2D eigenvalue weighted by atomic mass is 32.3. The molecule has 80 valence electrons. The second kappa shape index (κ2) is 8.26. The monoisotopic (exact) mass is 234 g/mol. The van der Waals surface area contributed by atoms with Crippen molar-refractivity contribution in [3.8, 4) is 0 Å². The predicted molar refractivity (Wildman–Crippen MR) is 42.7 cm³/mol. The molecule has 0 rings (SSSR count). The number of aliphatic hydroxyl groups excluding tert-OH is 1. The van der Waals surface area contributed by atoms with Gasteiger partial charge >= 0.3 is 22.0 Å². The maximum atomic E-state index is 9.87. The van der Waals surface area contributed by atoms with Gasteiger partial charge in [0.25, 0.3) is 0 Å². The topological polar surface area (TPSA) is 118 Å². The van der Waals surface area contributed by atoms with Crippen molar-refractivity contribution in [3.63, 3.8) is 0 Å². The van der Waals surface area contributed by atoms with E-state index in [0.29, 0.717) is 6.42 Å². The first kappa shape index (κ1) is 15.1. The Morgan fingerprint density at radius 1 is 1.46 bits per heavy atom. The summed E-state index contributed by atoms with van der Waals surface area (Å²) in [6.45, 7) is 1.27. The Labute approximate surface area is 79.3 Å². The van der Waals surface area contributed by atoms with Crippen LogP contribution in [0.5, 0.6) is 0 Å². The molecule has 0 aromatic heterocycles. The lowest BCUT2D eigenvalue weighted by molar-refractivity contribution is 0.0998. The highest BCUT2D eigenvalue weighted by Crippen LogP contribution is 1.93. The van der Waals surface area contributed by atoms with Crippen molar-refractivity contribution in [2.24, 2.45) is 0 Å². The Hall–Kier alpha value is -0.350. The molecule has 0 bridgehead atoms. The molecule has 0 saturated heterocycles. The van der Waals surface area contributed by atoms with Gasteiger partial charge in [-0.3, -0.25) is 4.55 Å². The smallest absolute Gasteiger partial charge is 0.391 e. The van der Waals surface area contributed by atoms with Gasteiger partial charge < -0.3 is 5.11 Å². The van der Waals surface area contributed by atoms with Gasteiger partial charge in [0.15, 0.2) is 0 Å². The minimum Gasteiger partial charge on any atom is -0.391 e. The SMILES string of the molecule is CCC(O)COS(=O)(=O)O.O=S=O. The minimum atomic E-state index is -4.39. The highest BCUT2D eigenvalue weighted by Gasteiger charge is 2.07. The first-order chi connectivity index (χ1) is 5.87. The molecule has 0 fully saturated rings. The standard InChI is InChI=1S/C4H10O5S.O2S/c1-2-4(5)3-9-10(6,7)8;1-3-2/h4-5H,2-3H2,1H3,(H,6,7,8);. The summed E-state index contributed by atoms with van der Waals surface area (Å²) in [6.07, 6.45) is -0.461. The van der Waals surface area contributed by atoms with Crippen LogP contribution in [0, 0.1) is 0 Å². The Balaban J connectivity index is 0. The van der Waals surface area contributed by atoms with E-state index in [1.807, 2.05) is 0 Å². The second-order valence-corrected chi connectivity index (χ2v) is 3.07. The molecule has 0 aliphatic heterocycles. The van der Waals surface area contributed by atoms with E-state index in [0.717, 1.165) is 0 Å². The van der Waals surface area contributed by atoms with Crippen LogP contribution in [-0.2, 0) is 26.2 Å². The quantitative estimate of drug-likeness (QED) is 0.593. The first-order valence-electron chi connectivity index (χ1n) is 3.09. The van der Waals surface area contributed by atoms with Crippen molar-refractivity contribution in [2.75, 3.05) is 6.61 Å². The fourth-order valence-electron chi connectivity index (χ4n) is 0.282. The van der Waals surface area contributed by atoms with E-state index in [4.69, 9.17) is 18.1 Å². The van der Waals surface area contributed by atoms with E-state index in [-0.39, 0.29) is 0 Å². The number of rotatable bonds is 4. The Morgan fingerprint density at radius 3 is 2.08 bits per heavy atom. The fourth-order valence-corrected chi connectivity index (χ4v) is 0.611. The maximum Gasteiger partial charge on any atom is 0.397 e. The van der Waals surface area contributed by atoms with Crippen LogP contribution >= 0.6 is 0 Å². The van der Waals surface area contributed by atoms with Crippen molar-refractivity contribution in [1.82, 2.24) is 0 Å². The molecule has 1 atom stereocenters. The van der Waals surface area contributed by atoms with Crippen LogP contribution < -0.4 is 0 Å². The van der Waals surface area contributed by atoms with Crippen LogP contribution in [0.3, 0.4) is 0 Å². The predicted octanol–water partition coefficient (Wildman–Crippen LogP) is -1.09. The van der Waals surface area contributed by atoms with Crippen molar-refractivity contribution >= 4 is 22.0 Å². The molecule has 0 aromatic rings. The summed E-state index contributed by atoms with van der Waals surface area (Å²) in [5, 5.41) is 8.72. The van der Waals surface area contributed by atoms with Crippen LogP contribution in [0.25, 0.3) is 0 Å². The van der Waals surface area contributed by atoms with Gasteiger partial charge in [0.2, 0.25) is 0 Å². The van der Waals surface area contributed by atoms with E-state index in [9.17, 15) is 8.42 Å². The number of aliphatic hydroxyl groups is 1. The van der Waals surface area contributed by atoms with Gasteiger partial charge in [0.1, 0.15) is 0 Å². The van der Waals surface area contributed by atoms with Crippen molar-refractivity contribution in [1.29, 1.82) is 0 Å². The molecule has 0 spiro atoms. The maximum absolute atomic E-state index is 9.87. The molecular weight excluding hydrogens is 224 g/mol. The van der Waals surface area contributed by atoms with Crippen LogP contribution in [0.1, 0.15) is 13.3 Å². The molecule has 9 heteroatoms. The van der Waals surface area contributed by atoms with E-state index < -0.39 is 34.7 Å². The largest absolute Gasteiger partial charge is 0.397 e. The van der Waals surface area contributed by atoms with Gasteiger partial charge in [-0.25, -0.2) is 4.18 Å². The lowest BCUT2D eigenvalue weighted by Gasteiger charge is -2.04. The van der Waals surface area contributed by atoms with Gasteiger partial charge in [-0.15, -0.1) is 0 Å². The molecule has 1 unspecified atom stereocenters. The van der Waals surface area contributed by atoms with Gasteiger partial charge in [0, 0.05) is 0 Å². The average Bonchev–Trinajstić information content (AvgIpc) is 2.00. The third-order valence-corrected chi connectivity index (χ3v) is 1.31. The molecule has 0 radical (unpaired) electrons. The van der Waals surface area contributed by atoms with Gasteiger partial charge in [-0.2, -0.15) is 16.8 Å². The zero-order chi connectivity index (χ0) is 10.9. The Kier molecular flexibility index (Phi) is 9.61. The van der Waals surface area contributed by atoms with Crippen molar-refractivity contribution in [3.05, 3.63) is 0 Å². The van der Waals surface area contributed by atoms with E-state index in [1.165, 1.54) is 0 Å². The third kappa shape index (κ3) is 18.5. The lowest BCUT2D eigenvalue weighted by atomic mass is 10.3. The zero-order valence-electron chi connectivity index (χ0n) is 6.74. The molecule has 0 heterocycles. The summed E-state index contributed by atoms with van der Waals surface area (Å²) < 4.78 is 48.2. The van der Waals surface area contributed by atoms with E-state index in [1.54, 1.807) is 6.92 Å². The van der Waals surface area contributed by atoms with Gasteiger partial charge in [0.05, 0.1) is 12.7 Å². The molecule has 0 aromatic carbocycles. The molecule has 13 heavy (non-hydrogen) atoms. The molecule has 0 amide bonds. The number of hydrogen-bond acceptors (Lipinski definition) is 6.